The predicted molar refractivity (Wildman–Crippen MR) is 187 cm³/mol. The zero-order valence-corrected chi connectivity index (χ0v) is 37.5. The first-order valence-corrected chi connectivity index (χ1v) is 33.8. The second kappa shape index (κ2) is 13.6. The van der Waals surface area contributed by atoms with Crippen molar-refractivity contribution in [1.29, 1.82) is 0 Å². The van der Waals surface area contributed by atoms with Gasteiger partial charge in [0.2, 0.25) is 0 Å². The summed E-state index contributed by atoms with van der Waals surface area (Å²) in [6, 6.07) is 22.5. The maximum absolute atomic E-state index is 2.56. The molecule has 0 saturated heterocycles. The molecule has 0 N–H and O–H groups in total. The summed E-state index contributed by atoms with van der Waals surface area (Å²) in [4.78, 5) is 4.04. The van der Waals surface area contributed by atoms with Crippen LogP contribution in [0.15, 0.2) is 60.7 Å². The SMILES string of the molecule is C[Si](C)(C)[C-]([Si](C)(C)C)[Si](C)(C)c1ccccc1.C[Si](C)(C)[C-]([Si](C)(C)C)[Si](C)(C)c1ccccc1.[Cd+2]. The van der Waals surface area contributed by atoms with E-state index in [1.54, 1.807) is 10.4 Å². The van der Waals surface area contributed by atoms with Gasteiger partial charge in [-0.25, -0.2) is 0 Å². The largest absolute Gasteiger partial charge is 2.00 e. The molecular formula is C30H58CdSi6. The van der Waals surface area contributed by atoms with E-state index in [0.29, 0.717) is 0 Å². The first-order valence-electron chi connectivity index (χ1n) is 13.8. The fourth-order valence-corrected chi connectivity index (χ4v) is 60.4. The molecule has 0 spiro atoms. The molecule has 2 rings (SSSR count). The number of rotatable bonds is 8. The molecule has 0 radical (unpaired) electrons. The summed E-state index contributed by atoms with van der Waals surface area (Å²) in [5, 5.41) is 3.23. The van der Waals surface area contributed by atoms with Gasteiger partial charge in [-0.15, -0.1) is 32.3 Å². The monoisotopic (exact) mass is 700 g/mol. The first-order chi connectivity index (χ1) is 15.9. The quantitative estimate of drug-likeness (QED) is 0.191. The van der Waals surface area contributed by atoms with Gasteiger partial charge >= 0.3 is 27.3 Å². The molecule has 0 amide bonds. The van der Waals surface area contributed by atoms with Crippen LogP contribution in [0.3, 0.4) is 0 Å². The number of benzene rings is 2. The molecule has 37 heavy (non-hydrogen) atoms. The van der Waals surface area contributed by atoms with Crippen molar-refractivity contribution in [2.45, 2.75) is 105 Å². The predicted octanol–water partition coefficient (Wildman–Crippen LogP) is 8.94. The molecule has 0 aliphatic heterocycles. The Hall–Kier alpha value is 0.663. The Bertz CT molecular complexity index is 823. The smallest absolute Gasteiger partial charge is 0.307 e. The van der Waals surface area contributed by atoms with E-state index in [1.165, 1.54) is 0 Å². The van der Waals surface area contributed by atoms with Crippen molar-refractivity contribution in [3.63, 3.8) is 0 Å². The number of hydrogen-bond acceptors (Lipinski definition) is 0. The molecular weight excluding hydrogens is 641 g/mol. The minimum atomic E-state index is -1.44. The van der Waals surface area contributed by atoms with Gasteiger partial charge in [0.15, 0.2) is 0 Å². The summed E-state index contributed by atoms with van der Waals surface area (Å²) < 4.78 is 0. The molecule has 0 fully saturated rings. The topological polar surface area (TPSA) is 0 Å². The van der Waals surface area contributed by atoms with E-state index in [0.717, 1.165) is 0 Å². The molecule has 0 aliphatic carbocycles. The molecule has 0 atom stereocenters. The van der Waals surface area contributed by atoms with Crippen LogP contribution in [0.25, 0.3) is 0 Å². The van der Waals surface area contributed by atoms with Crippen LogP contribution in [-0.2, 0) is 27.3 Å². The molecule has 0 aromatic heterocycles. The maximum atomic E-state index is 2.56. The van der Waals surface area contributed by atoms with Gasteiger partial charge in [0.05, 0.1) is 0 Å². The van der Waals surface area contributed by atoms with Gasteiger partial charge in [-0.3, -0.25) is 0 Å². The summed E-state index contributed by atoms with van der Waals surface area (Å²) in [6.07, 6.45) is 0. The average molecular weight is 700 g/mol. The van der Waals surface area contributed by atoms with E-state index in [1.807, 2.05) is 9.58 Å². The summed E-state index contributed by atoms with van der Waals surface area (Å²) >= 11 is 0. The molecule has 7 heteroatoms. The van der Waals surface area contributed by atoms with Crippen molar-refractivity contribution in [3.8, 4) is 0 Å². The molecule has 2 aromatic carbocycles. The van der Waals surface area contributed by atoms with E-state index >= 15 is 0 Å². The van der Waals surface area contributed by atoms with E-state index in [2.05, 4.69) is 165 Å². The van der Waals surface area contributed by atoms with Crippen LogP contribution >= 0.6 is 0 Å². The van der Waals surface area contributed by atoms with Gasteiger partial charge < -0.3 is 9.58 Å². The fourth-order valence-electron chi connectivity index (χ4n) is 8.00. The van der Waals surface area contributed by atoms with Crippen LogP contribution in [0.1, 0.15) is 0 Å². The van der Waals surface area contributed by atoms with Crippen molar-refractivity contribution >= 4 is 58.8 Å². The summed E-state index contributed by atoms with van der Waals surface area (Å²) in [6.45, 7) is 40.7. The third-order valence-electron chi connectivity index (χ3n) is 7.24. The molecule has 0 unspecified atom stereocenters. The number of hydrogen-bond donors (Lipinski definition) is 0. The van der Waals surface area contributed by atoms with E-state index in [-0.39, 0.29) is 27.3 Å². The molecule has 0 nitrogen and oxygen atoms in total. The second-order valence-corrected chi connectivity index (χ2v) is 47.4. The Labute approximate surface area is 259 Å². The molecule has 0 heterocycles. The zero-order valence-electron chi connectivity index (χ0n) is 27.5. The van der Waals surface area contributed by atoms with E-state index < -0.39 is 48.4 Å². The van der Waals surface area contributed by atoms with Crippen LogP contribution < -0.4 is 10.4 Å². The fraction of sp³-hybridized carbons (Fsp3) is 0.533. The van der Waals surface area contributed by atoms with Crippen molar-refractivity contribution in [2.75, 3.05) is 0 Å². The third kappa shape index (κ3) is 10.5. The Morgan fingerprint density at radius 3 is 0.703 bits per heavy atom. The van der Waals surface area contributed by atoms with Gasteiger partial charge in [-0.2, -0.15) is 0 Å². The normalized spacial score (nSPS) is 13.7. The van der Waals surface area contributed by atoms with Gasteiger partial charge in [0.25, 0.3) is 0 Å². The third-order valence-corrected chi connectivity index (χ3v) is 44.8. The Morgan fingerprint density at radius 1 is 0.351 bits per heavy atom. The Morgan fingerprint density at radius 2 is 0.541 bits per heavy atom. The molecule has 204 valence electrons. The molecule has 0 saturated carbocycles. The van der Waals surface area contributed by atoms with Crippen molar-refractivity contribution < 1.29 is 27.3 Å². The average Bonchev–Trinajstić information content (AvgIpc) is 2.64. The molecule has 0 aliphatic rings. The van der Waals surface area contributed by atoms with Gasteiger partial charge in [-0.1, -0.05) is 192 Å². The molecule has 2 aromatic rings. The van der Waals surface area contributed by atoms with Gasteiger partial charge in [0, 0.05) is 0 Å². The van der Waals surface area contributed by atoms with E-state index in [4.69, 9.17) is 0 Å². The van der Waals surface area contributed by atoms with Crippen molar-refractivity contribution in [1.82, 2.24) is 0 Å². The van der Waals surface area contributed by atoms with Crippen LogP contribution in [0.4, 0.5) is 0 Å². The van der Waals surface area contributed by atoms with Crippen LogP contribution in [0, 0.1) is 9.58 Å². The Balaban J connectivity index is 0.000000682. The minimum Gasteiger partial charge on any atom is -0.307 e. The van der Waals surface area contributed by atoms with Gasteiger partial charge in [-0.05, 0) is 0 Å². The minimum absolute atomic E-state index is 0. The second-order valence-electron chi connectivity index (χ2n) is 15.7. The summed E-state index contributed by atoms with van der Waals surface area (Å²) in [7, 11) is -7.68. The van der Waals surface area contributed by atoms with Crippen LogP contribution in [-0.4, -0.2) is 48.4 Å². The summed E-state index contributed by atoms with van der Waals surface area (Å²) in [5.74, 6) is 0. The maximum Gasteiger partial charge on any atom is 2.00 e. The molecule has 0 bridgehead atoms. The van der Waals surface area contributed by atoms with Crippen molar-refractivity contribution in [2.24, 2.45) is 0 Å². The van der Waals surface area contributed by atoms with Gasteiger partial charge in [0.1, 0.15) is 0 Å². The van der Waals surface area contributed by atoms with Crippen molar-refractivity contribution in [3.05, 3.63) is 70.2 Å². The zero-order chi connectivity index (χ0) is 28.4. The van der Waals surface area contributed by atoms with E-state index in [9.17, 15) is 0 Å². The van der Waals surface area contributed by atoms with Crippen LogP contribution in [0.5, 0.6) is 0 Å². The first kappa shape index (κ1) is 37.7. The van der Waals surface area contributed by atoms with Crippen LogP contribution in [0.2, 0.25) is 105 Å². The summed E-state index contributed by atoms with van der Waals surface area (Å²) in [5.41, 5.74) is 0. The Kier molecular flexibility index (Phi) is 13.8. The standard InChI is InChI=1S/2C15H29Si3.Cd/c2*1-16(2,3)15(17(4,5)6)18(7,8)14-12-10-9-11-13-14;/h2*9-13H,1-8H3;/q2*-1;+2.